The molecule has 1 N–H and O–H groups in total. The van der Waals surface area contributed by atoms with Crippen LogP contribution in [-0.2, 0) is 27.7 Å². The summed E-state index contributed by atoms with van der Waals surface area (Å²) in [4.78, 5) is 17.3. The second-order valence-corrected chi connectivity index (χ2v) is 11.5. The number of carbonyl (C=O) groups is 1. The molecule has 1 fully saturated rings. The number of amides is 1. The van der Waals surface area contributed by atoms with Crippen LogP contribution in [0, 0.1) is 0 Å². The van der Waals surface area contributed by atoms with E-state index in [2.05, 4.69) is 15.5 Å². The van der Waals surface area contributed by atoms with Crippen LogP contribution >= 0.6 is 23.2 Å². The van der Waals surface area contributed by atoms with E-state index in [0.717, 1.165) is 29.7 Å². The number of rotatable bonds is 9. The van der Waals surface area contributed by atoms with Gasteiger partial charge < -0.3 is 19.1 Å². The van der Waals surface area contributed by atoms with E-state index in [1.165, 1.54) is 0 Å². The van der Waals surface area contributed by atoms with Crippen molar-refractivity contribution in [2.24, 2.45) is 0 Å². The quantitative estimate of drug-likeness (QED) is 0.231. The van der Waals surface area contributed by atoms with Crippen LogP contribution in [0.5, 0.6) is 5.75 Å². The number of ether oxygens (including phenoxy) is 1. The molecule has 1 aliphatic carbocycles. The van der Waals surface area contributed by atoms with Crippen LogP contribution in [0.3, 0.4) is 0 Å². The third kappa shape index (κ3) is 5.72. The molecule has 4 aromatic rings. The zero-order valence-corrected chi connectivity index (χ0v) is 23.4. The SMILES string of the molecule is COc1ccc(-c2nc(C3(c4c(Cl)cc(NC(=O)Cc5ccc(C(C)S(=O)[O-])cc5)cc4Cl)CC3)no2)cc1. The summed E-state index contributed by atoms with van der Waals surface area (Å²) in [6.45, 7) is 1.60. The fraction of sp³-hybridized carbons (Fsp3) is 0.250. The zero-order chi connectivity index (χ0) is 27.7. The number of benzene rings is 3. The van der Waals surface area contributed by atoms with Gasteiger partial charge in [-0.1, -0.05) is 52.6 Å². The first-order valence-electron chi connectivity index (χ1n) is 12.1. The predicted molar refractivity (Wildman–Crippen MR) is 149 cm³/mol. The Morgan fingerprint density at radius 2 is 1.77 bits per heavy atom. The normalized spacial score (nSPS) is 15.4. The highest BCUT2D eigenvalue weighted by Gasteiger charge is 2.52. The van der Waals surface area contributed by atoms with Gasteiger partial charge in [0.25, 0.3) is 5.89 Å². The molecule has 1 saturated carbocycles. The highest BCUT2D eigenvalue weighted by atomic mass is 35.5. The summed E-state index contributed by atoms with van der Waals surface area (Å²) in [5, 5.41) is 7.25. The molecule has 8 nitrogen and oxygen atoms in total. The highest BCUT2D eigenvalue weighted by Crippen LogP contribution is 2.57. The number of carbonyl (C=O) groups excluding carboxylic acids is 1. The van der Waals surface area contributed by atoms with Gasteiger partial charge in [0.15, 0.2) is 5.82 Å². The molecule has 39 heavy (non-hydrogen) atoms. The molecule has 1 heterocycles. The minimum absolute atomic E-state index is 0.104. The first-order chi connectivity index (χ1) is 18.7. The Morgan fingerprint density at radius 1 is 1.13 bits per heavy atom. The molecule has 0 radical (unpaired) electrons. The lowest BCUT2D eigenvalue weighted by Gasteiger charge is -2.17. The number of methoxy groups -OCH3 is 1. The molecule has 1 aliphatic rings. The van der Waals surface area contributed by atoms with Gasteiger partial charge in [-0.15, -0.1) is 0 Å². The number of nitrogens with one attached hydrogen (secondary N) is 1. The predicted octanol–water partition coefficient (Wildman–Crippen LogP) is 6.25. The van der Waals surface area contributed by atoms with Gasteiger partial charge in [0, 0.05) is 32.1 Å². The number of nitrogens with zero attached hydrogens (tertiary/aromatic N) is 2. The third-order valence-electron chi connectivity index (χ3n) is 6.85. The Balaban J connectivity index is 1.30. The largest absolute Gasteiger partial charge is 0.772 e. The molecule has 11 heteroatoms. The third-order valence-corrected chi connectivity index (χ3v) is 8.29. The van der Waals surface area contributed by atoms with Gasteiger partial charge in [0.05, 0.1) is 18.9 Å². The zero-order valence-electron chi connectivity index (χ0n) is 21.1. The van der Waals surface area contributed by atoms with E-state index >= 15 is 0 Å². The van der Waals surface area contributed by atoms with Crippen molar-refractivity contribution < 1.29 is 22.8 Å². The number of hydrogen-bond acceptors (Lipinski definition) is 7. The van der Waals surface area contributed by atoms with E-state index in [0.29, 0.717) is 38.6 Å². The van der Waals surface area contributed by atoms with E-state index in [9.17, 15) is 13.6 Å². The van der Waals surface area contributed by atoms with Crippen LogP contribution in [0.2, 0.25) is 10.0 Å². The van der Waals surface area contributed by atoms with Crippen LogP contribution in [0.4, 0.5) is 5.69 Å². The molecule has 0 aliphatic heterocycles. The summed E-state index contributed by atoms with van der Waals surface area (Å²) in [6, 6.07) is 17.6. The average molecular weight is 585 g/mol. The Kier molecular flexibility index (Phi) is 7.77. The van der Waals surface area contributed by atoms with Gasteiger partial charge in [-0.2, -0.15) is 4.98 Å². The number of aromatic nitrogens is 2. The van der Waals surface area contributed by atoms with Crippen molar-refractivity contribution in [3.8, 4) is 17.2 Å². The van der Waals surface area contributed by atoms with Gasteiger partial charge in [-0.3, -0.25) is 9.00 Å². The van der Waals surface area contributed by atoms with Gasteiger partial charge in [0.1, 0.15) is 5.75 Å². The molecule has 1 aromatic heterocycles. The van der Waals surface area contributed by atoms with E-state index in [1.54, 1.807) is 50.4 Å². The van der Waals surface area contributed by atoms with Crippen LogP contribution in [0.15, 0.2) is 65.2 Å². The van der Waals surface area contributed by atoms with Crippen LogP contribution in [-0.4, -0.2) is 31.9 Å². The van der Waals surface area contributed by atoms with Gasteiger partial charge in [-0.05, 0) is 78.4 Å². The van der Waals surface area contributed by atoms with Crippen molar-refractivity contribution in [2.45, 2.75) is 36.9 Å². The van der Waals surface area contributed by atoms with E-state index in [-0.39, 0.29) is 12.3 Å². The average Bonchev–Trinajstić information content (AvgIpc) is 3.54. The van der Waals surface area contributed by atoms with Crippen molar-refractivity contribution in [1.82, 2.24) is 10.1 Å². The van der Waals surface area contributed by atoms with Gasteiger partial charge in [0.2, 0.25) is 5.91 Å². The lowest BCUT2D eigenvalue weighted by atomic mass is 9.94. The Morgan fingerprint density at radius 3 is 2.33 bits per heavy atom. The van der Waals surface area contributed by atoms with E-state index < -0.39 is 21.7 Å². The first-order valence-corrected chi connectivity index (χ1v) is 14.0. The maximum atomic E-state index is 12.7. The number of hydrogen-bond donors (Lipinski definition) is 1. The molecule has 1 amide bonds. The lowest BCUT2D eigenvalue weighted by molar-refractivity contribution is -0.115. The minimum Gasteiger partial charge on any atom is -0.772 e. The Hall–Kier alpha value is -3.24. The standard InChI is InChI=1S/C28H25Cl2N3O5S/c1-16(39(35)36)18-5-3-17(4-6-18)13-24(34)31-20-14-22(29)25(23(30)15-20)28(11-12-28)27-32-26(38-33-27)19-7-9-21(37-2)10-8-19/h3-10,14-16H,11-13H2,1-2H3,(H,31,34)(H,35,36)/p-1. The topological polar surface area (TPSA) is 117 Å². The molecule has 2 unspecified atom stereocenters. The summed E-state index contributed by atoms with van der Waals surface area (Å²) < 4.78 is 33.1. The second-order valence-electron chi connectivity index (χ2n) is 9.42. The monoisotopic (exact) mass is 584 g/mol. The summed E-state index contributed by atoms with van der Waals surface area (Å²) in [7, 11) is 1.60. The van der Waals surface area contributed by atoms with E-state index in [1.807, 2.05) is 24.3 Å². The Bertz CT molecular complexity index is 1510. The summed E-state index contributed by atoms with van der Waals surface area (Å²) in [6.07, 6.45) is 1.62. The molecule has 2 atom stereocenters. The van der Waals surface area contributed by atoms with Crippen molar-refractivity contribution >= 4 is 45.9 Å². The van der Waals surface area contributed by atoms with Crippen molar-refractivity contribution in [2.75, 3.05) is 12.4 Å². The molecule has 5 rings (SSSR count). The maximum absolute atomic E-state index is 12.7. The second kappa shape index (κ2) is 11.1. The van der Waals surface area contributed by atoms with Gasteiger partial charge >= 0.3 is 0 Å². The van der Waals surface area contributed by atoms with Crippen LogP contribution < -0.4 is 10.1 Å². The molecular weight excluding hydrogens is 561 g/mol. The van der Waals surface area contributed by atoms with Crippen LogP contribution in [0.1, 0.15) is 47.5 Å². The summed E-state index contributed by atoms with van der Waals surface area (Å²) >= 11 is 11.2. The molecule has 0 saturated heterocycles. The summed E-state index contributed by atoms with van der Waals surface area (Å²) in [5.74, 6) is 1.36. The molecule has 3 aromatic carbocycles. The fourth-order valence-corrected chi connectivity index (χ4v) is 5.72. The van der Waals surface area contributed by atoms with Gasteiger partial charge in [-0.25, -0.2) is 0 Å². The lowest BCUT2D eigenvalue weighted by Crippen LogP contribution is -2.16. The van der Waals surface area contributed by atoms with E-state index in [4.69, 9.17) is 32.5 Å². The fourth-order valence-electron chi connectivity index (χ4n) is 4.49. The molecule has 202 valence electrons. The van der Waals surface area contributed by atoms with Crippen molar-refractivity contribution in [1.29, 1.82) is 0 Å². The molecular formula is C28H24Cl2N3O5S-. The van der Waals surface area contributed by atoms with Crippen molar-refractivity contribution in [3.05, 3.63) is 93.2 Å². The first kappa shape index (κ1) is 27.3. The van der Waals surface area contributed by atoms with Crippen molar-refractivity contribution in [3.63, 3.8) is 0 Å². The summed E-state index contributed by atoms with van der Waals surface area (Å²) in [5.41, 5.74) is 2.78. The number of halogens is 2. The highest BCUT2D eigenvalue weighted by molar-refractivity contribution is 7.79. The molecule has 0 spiro atoms. The smallest absolute Gasteiger partial charge is 0.257 e. The maximum Gasteiger partial charge on any atom is 0.257 e. The van der Waals surface area contributed by atoms with Crippen LogP contribution in [0.25, 0.3) is 11.5 Å². The number of anilines is 1. The minimum atomic E-state index is -2.21. The Labute approximate surface area is 238 Å². The molecule has 0 bridgehead atoms.